The van der Waals surface area contributed by atoms with Crippen LogP contribution < -0.4 is 16.0 Å². The number of halogens is 1. The molecule has 120 valence electrons. The quantitative estimate of drug-likeness (QED) is 0.569. The van der Waals surface area contributed by atoms with Crippen molar-refractivity contribution in [3.8, 4) is 0 Å². The minimum absolute atomic E-state index is 0.284. The number of rotatable bonds is 4. The number of carbonyl (C=O) groups excluding carboxylic acids is 1. The number of anilines is 4. The molecule has 0 aliphatic carbocycles. The highest BCUT2D eigenvalue weighted by Crippen LogP contribution is 2.25. The summed E-state index contributed by atoms with van der Waals surface area (Å²) in [5.41, 5.74) is 3.17. The van der Waals surface area contributed by atoms with Crippen molar-refractivity contribution in [2.45, 2.75) is 0 Å². The smallest absolute Gasteiger partial charge is 0.323 e. The fourth-order valence-corrected chi connectivity index (χ4v) is 2.35. The van der Waals surface area contributed by atoms with E-state index in [0.717, 1.165) is 17.1 Å². The van der Waals surface area contributed by atoms with E-state index in [1.165, 1.54) is 0 Å². The van der Waals surface area contributed by atoms with Gasteiger partial charge in [0.15, 0.2) is 0 Å². The van der Waals surface area contributed by atoms with Crippen LogP contribution in [0.3, 0.4) is 0 Å². The van der Waals surface area contributed by atoms with E-state index in [0.29, 0.717) is 10.7 Å². The standard InChI is InChI=1S/C19H16ClN3O/c20-17-8-4-5-9-18(17)21-15-10-12-16(13-11-15)23-19(24)22-14-6-2-1-3-7-14/h1-13,21H,(H2,22,23,24). The van der Waals surface area contributed by atoms with E-state index in [1.807, 2.05) is 78.9 Å². The topological polar surface area (TPSA) is 53.2 Å². The summed E-state index contributed by atoms with van der Waals surface area (Å²) in [5.74, 6) is 0. The minimum Gasteiger partial charge on any atom is -0.354 e. The number of carbonyl (C=O) groups is 1. The molecule has 0 atom stereocenters. The highest BCUT2D eigenvalue weighted by molar-refractivity contribution is 6.33. The van der Waals surface area contributed by atoms with E-state index < -0.39 is 0 Å². The predicted molar refractivity (Wildman–Crippen MR) is 100 cm³/mol. The molecule has 2 amide bonds. The zero-order valence-electron chi connectivity index (χ0n) is 12.8. The highest BCUT2D eigenvalue weighted by atomic mass is 35.5. The molecule has 3 aromatic rings. The third-order valence-corrected chi connectivity index (χ3v) is 3.66. The third-order valence-electron chi connectivity index (χ3n) is 3.33. The molecule has 0 fully saturated rings. The minimum atomic E-state index is -0.284. The van der Waals surface area contributed by atoms with Crippen molar-refractivity contribution in [1.82, 2.24) is 0 Å². The average Bonchev–Trinajstić information content (AvgIpc) is 2.59. The normalized spacial score (nSPS) is 10.0. The Bertz CT molecular complexity index is 820. The first-order chi connectivity index (χ1) is 11.7. The van der Waals surface area contributed by atoms with Crippen LogP contribution in [0.15, 0.2) is 78.9 Å². The van der Waals surface area contributed by atoms with Crippen molar-refractivity contribution in [3.05, 3.63) is 83.9 Å². The summed E-state index contributed by atoms with van der Waals surface area (Å²) in [7, 11) is 0. The van der Waals surface area contributed by atoms with Gasteiger partial charge in [-0.05, 0) is 48.5 Å². The second-order valence-corrected chi connectivity index (χ2v) is 5.53. The maximum atomic E-state index is 11.9. The largest absolute Gasteiger partial charge is 0.354 e. The number of benzene rings is 3. The Balaban J connectivity index is 1.60. The fraction of sp³-hybridized carbons (Fsp3) is 0. The average molecular weight is 338 g/mol. The van der Waals surface area contributed by atoms with Gasteiger partial charge in [0.2, 0.25) is 0 Å². The number of urea groups is 1. The Morgan fingerprint density at radius 2 is 1.21 bits per heavy atom. The van der Waals surface area contributed by atoms with Crippen molar-refractivity contribution in [2.75, 3.05) is 16.0 Å². The van der Waals surface area contributed by atoms with Crippen molar-refractivity contribution in [1.29, 1.82) is 0 Å². The predicted octanol–water partition coefficient (Wildman–Crippen LogP) is 5.73. The van der Waals surface area contributed by atoms with Crippen LogP contribution in [-0.2, 0) is 0 Å². The van der Waals surface area contributed by atoms with Gasteiger partial charge in [-0.15, -0.1) is 0 Å². The van der Waals surface area contributed by atoms with Crippen molar-refractivity contribution < 1.29 is 4.79 Å². The maximum absolute atomic E-state index is 11.9. The van der Waals surface area contributed by atoms with E-state index in [9.17, 15) is 4.79 Å². The molecule has 0 saturated heterocycles. The SMILES string of the molecule is O=C(Nc1ccccc1)Nc1ccc(Nc2ccccc2Cl)cc1. The molecule has 0 aliphatic heterocycles. The second kappa shape index (κ2) is 7.53. The molecular weight excluding hydrogens is 322 g/mol. The van der Waals surface area contributed by atoms with Crippen molar-refractivity contribution in [2.24, 2.45) is 0 Å². The molecule has 0 spiro atoms. The van der Waals surface area contributed by atoms with Crippen LogP contribution in [0, 0.1) is 0 Å². The second-order valence-electron chi connectivity index (χ2n) is 5.13. The molecule has 0 aliphatic rings. The number of para-hydroxylation sites is 2. The first-order valence-corrected chi connectivity index (χ1v) is 7.83. The van der Waals surface area contributed by atoms with E-state index in [2.05, 4.69) is 16.0 Å². The molecule has 4 nitrogen and oxygen atoms in total. The van der Waals surface area contributed by atoms with Crippen LogP contribution in [0.5, 0.6) is 0 Å². The van der Waals surface area contributed by atoms with E-state index >= 15 is 0 Å². The van der Waals surface area contributed by atoms with Gasteiger partial charge in [-0.3, -0.25) is 0 Å². The molecule has 0 saturated carbocycles. The van der Waals surface area contributed by atoms with Gasteiger partial charge in [-0.1, -0.05) is 41.9 Å². The lowest BCUT2D eigenvalue weighted by Gasteiger charge is -2.10. The van der Waals surface area contributed by atoms with E-state index in [1.54, 1.807) is 0 Å². The van der Waals surface area contributed by atoms with Crippen LogP contribution in [0.2, 0.25) is 5.02 Å². The molecule has 0 aromatic heterocycles. The third kappa shape index (κ3) is 4.27. The first-order valence-electron chi connectivity index (χ1n) is 7.45. The van der Waals surface area contributed by atoms with Gasteiger partial charge >= 0.3 is 6.03 Å². The molecule has 3 rings (SSSR count). The van der Waals surface area contributed by atoms with Crippen molar-refractivity contribution in [3.63, 3.8) is 0 Å². The van der Waals surface area contributed by atoms with Gasteiger partial charge < -0.3 is 16.0 Å². The Kier molecular flexibility index (Phi) is 4.99. The Morgan fingerprint density at radius 3 is 1.88 bits per heavy atom. The van der Waals surface area contributed by atoms with Crippen LogP contribution in [0.1, 0.15) is 0 Å². The molecule has 0 heterocycles. The number of nitrogens with one attached hydrogen (secondary N) is 3. The van der Waals surface area contributed by atoms with Crippen LogP contribution >= 0.6 is 11.6 Å². The molecular formula is C19H16ClN3O. The lowest BCUT2D eigenvalue weighted by atomic mass is 10.2. The summed E-state index contributed by atoms with van der Waals surface area (Å²) in [6.45, 7) is 0. The lowest BCUT2D eigenvalue weighted by Crippen LogP contribution is -2.19. The molecule has 5 heteroatoms. The van der Waals surface area contributed by atoms with Crippen LogP contribution in [-0.4, -0.2) is 6.03 Å². The van der Waals surface area contributed by atoms with Gasteiger partial charge in [-0.25, -0.2) is 4.79 Å². The molecule has 0 bridgehead atoms. The van der Waals surface area contributed by atoms with E-state index in [4.69, 9.17) is 11.6 Å². The summed E-state index contributed by atoms with van der Waals surface area (Å²) in [4.78, 5) is 11.9. The molecule has 0 radical (unpaired) electrons. The zero-order valence-corrected chi connectivity index (χ0v) is 13.5. The van der Waals surface area contributed by atoms with Gasteiger partial charge in [0.25, 0.3) is 0 Å². The summed E-state index contributed by atoms with van der Waals surface area (Å²) < 4.78 is 0. The van der Waals surface area contributed by atoms with Crippen LogP contribution in [0.4, 0.5) is 27.5 Å². The Hall–Kier alpha value is -2.98. The van der Waals surface area contributed by atoms with E-state index in [-0.39, 0.29) is 6.03 Å². The number of amides is 2. The van der Waals surface area contributed by atoms with Gasteiger partial charge in [0.1, 0.15) is 0 Å². The number of hydrogen-bond donors (Lipinski definition) is 3. The molecule has 24 heavy (non-hydrogen) atoms. The Morgan fingerprint density at radius 1 is 0.667 bits per heavy atom. The number of hydrogen-bond acceptors (Lipinski definition) is 2. The zero-order chi connectivity index (χ0) is 16.8. The highest BCUT2D eigenvalue weighted by Gasteiger charge is 2.03. The lowest BCUT2D eigenvalue weighted by molar-refractivity contribution is 0.262. The molecule has 3 N–H and O–H groups in total. The van der Waals surface area contributed by atoms with Gasteiger partial charge in [-0.2, -0.15) is 0 Å². The summed E-state index contributed by atoms with van der Waals surface area (Å²) >= 11 is 6.12. The first kappa shape index (κ1) is 15.9. The molecule has 0 unspecified atom stereocenters. The summed E-state index contributed by atoms with van der Waals surface area (Å²) in [6, 6.07) is 23.9. The van der Waals surface area contributed by atoms with Crippen LogP contribution in [0.25, 0.3) is 0 Å². The Labute approximate surface area is 145 Å². The van der Waals surface area contributed by atoms with Gasteiger partial charge in [0.05, 0.1) is 10.7 Å². The monoisotopic (exact) mass is 337 g/mol. The van der Waals surface area contributed by atoms with Gasteiger partial charge in [0, 0.05) is 17.1 Å². The van der Waals surface area contributed by atoms with Crippen molar-refractivity contribution >= 4 is 40.4 Å². The molecule has 3 aromatic carbocycles. The summed E-state index contributed by atoms with van der Waals surface area (Å²) in [6.07, 6.45) is 0. The summed E-state index contributed by atoms with van der Waals surface area (Å²) in [5, 5.41) is 9.45. The maximum Gasteiger partial charge on any atom is 0.323 e. The fourth-order valence-electron chi connectivity index (χ4n) is 2.17.